The second-order valence-electron chi connectivity index (χ2n) is 6.50. The summed E-state index contributed by atoms with van der Waals surface area (Å²) in [6.07, 6.45) is -4.83. The third-order valence-corrected chi connectivity index (χ3v) is 3.28. The summed E-state index contributed by atoms with van der Waals surface area (Å²) < 4.78 is 55.5. The first-order valence-corrected chi connectivity index (χ1v) is 7.42. The third-order valence-electron chi connectivity index (χ3n) is 3.28. The van der Waals surface area contributed by atoms with Crippen LogP contribution in [0.3, 0.4) is 0 Å². The smallest absolute Gasteiger partial charge is 0.345 e. The number of hydrogen-bond acceptors (Lipinski definition) is 5. The van der Waals surface area contributed by atoms with E-state index in [0.717, 1.165) is 12.1 Å². The van der Waals surface area contributed by atoms with E-state index in [0.29, 0.717) is 5.56 Å². The average Bonchev–Trinajstić information content (AvgIpc) is 3.01. The van der Waals surface area contributed by atoms with Crippen LogP contribution >= 0.6 is 0 Å². The van der Waals surface area contributed by atoms with Crippen molar-refractivity contribution in [1.29, 1.82) is 0 Å². The van der Waals surface area contributed by atoms with Crippen LogP contribution in [0.2, 0.25) is 0 Å². The molecule has 1 N–H and O–H groups in total. The molecule has 2 aromatic rings. The lowest BCUT2D eigenvalue weighted by Gasteiger charge is -2.15. The molecule has 1 aromatic carbocycles. The van der Waals surface area contributed by atoms with E-state index in [-0.39, 0.29) is 12.1 Å². The zero-order valence-electron chi connectivity index (χ0n) is 14.1. The maximum Gasteiger partial charge on any atom is 0.471 e. The monoisotopic (exact) mass is 373 g/mol. The van der Waals surface area contributed by atoms with Crippen molar-refractivity contribution in [1.82, 2.24) is 15.5 Å². The highest BCUT2D eigenvalue weighted by atomic mass is 19.4. The van der Waals surface area contributed by atoms with E-state index in [9.17, 15) is 27.2 Å². The number of hydrogen-bond donors (Lipinski definition) is 1. The maximum atomic E-state index is 14.1. The molecule has 140 valence electrons. The van der Waals surface area contributed by atoms with Gasteiger partial charge in [0.2, 0.25) is 11.6 Å². The van der Waals surface area contributed by atoms with E-state index in [2.05, 4.69) is 20.0 Å². The Morgan fingerprint density at radius 1 is 1.19 bits per heavy atom. The number of halogens is 4. The summed E-state index contributed by atoms with van der Waals surface area (Å²) >= 11 is 0. The number of rotatable bonds is 4. The number of carbonyl (C=O) groups is 2. The second kappa shape index (κ2) is 6.85. The minimum atomic E-state index is -4.83. The van der Waals surface area contributed by atoms with E-state index in [1.54, 1.807) is 20.8 Å². The van der Waals surface area contributed by atoms with Crippen LogP contribution in [-0.4, -0.2) is 21.8 Å². The molecule has 0 aliphatic carbocycles. The van der Waals surface area contributed by atoms with Crippen molar-refractivity contribution >= 4 is 11.7 Å². The Morgan fingerprint density at radius 3 is 2.35 bits per heavy atom. The lowest BCUT2D eigenvalue weighted by molar-refractivity contribution is -0.159. The summed E-state index contributed by atoms with van der Waals surface area (Å²) in [5, 5.41) is 5.47. The van der Waals surface area contributed by atoms with Crippen LogP contribution in [-0.2, 0) is 22.3 Å². The Balaban J connectivity index is 2.11. The number of ketones is 1. The Kier molecular flexibility index (Phi) is 5.15. The van der Waals surface area contributed by atoms with Gasteiger partial charge in [0.1, 0.15) is 5.82 Å². The topological polar surface area (TPSA) is 85.1 Å². The van der Waals surface area contributed by atoms with Gasteiger partial charge >= 0.3 is 12.1 Å². The molecule has 26 heavy (non-hydrogen) atoms. The van der Waals surface area contributed by atoms with Crippen molar-refractivity contribution in [2.24, 2.45) is 5.41 Å². The van der Waals surface area contributed by atoms with Gasteiger partial charge in [-0.15, -0.1) is 0 Å². The highest BCUT2D eigenvalue weighted by Crippen LogP contribution is 2.30. The van der Waals surface area contributed by atoms with Crippen LogP contribution in [0, 0.1) is 11.2 Å². The fourth-order valence-electron chi connectivity index (χ4n) is 1.90. The van der Waals surface area contributed by atoms with Crippen LogP contribution < -0.4 is 5.32 Å². The van der Waals surface area contributed by atoms with E-state index < -0.39 is 40.8 Å². The van der Waals surface area contributed by atoms with Crippen LogP contribution in [0.1, 0.15) is 32.2 Å². The van der Waals surface area contributed by atoms with E-state index >= 15 is 0 Å². The van der Waals surface area contributed by atoms with E-state index in [4.69, 9.17) is 0 Å². The highest BCUT2D eigenvalue weighted by molar-refractivity contribution is 6.37. The van der Waals surface area contributed by atoms with E-state index in [1.165, 1.54) is 6.07 Å². The van der Waals surface area contributed by atoms with Crippen molar-refractivity contribution in [2.45, 2.75) is 33.5 Å². The van der Waals surface area contributed by atoms with Gasteiger partial charge in [0.15, 0.2) is 0 Å². The summed E-state index contributed by atoms with van der Waals surface area (Å²) in [6, 6.07) is 3.53. The van der Waals surface area contributed by atoms with Gasteiger partial charge in [-0.05, 0) is 17.7 Å². The summed E-state index contributed by atoms with van der Waals surface area (Å²) in [5.74, 6) is -4.46. The molecule has 0 aliphatic heterocycles. The maximum absolute atomic E-state index is 14.1. The molecule has 1 aromatic heterocycles. The van der Waals surface area contributed by atoms with Crippen molar-refractivity contribution < 1.29 is 31.7 Å². The molecule has 2 rings (SSSR count). The molecule has 1 amide bonds. The quantitative estimate of drug-likeness (QED) is 0.657. The summed E-state index contributed by atoms with van der Waals surface area (Å²) in [7, 11) is 0. The van der Waals surface area contributed by atoms with Crippen LogP contribution in [0.5, 0.6) is 0 Å². The third kappa shape index (κ3) is 4.44. The predicted octanol–water partition coefficient (Wildman–Crippen LogP) is 3.13. The SMILES string of the molecule is CC(C)(C)C(=O)C(=O)NCc1ccc(-c2noc(C(F)(F)F)n2)c(F)c1. The molecule has 6 nitrogen and oxygen atoms in total. The lowest BCUT2D eigenvalue weighted by atomic mass is 9.90. The van der Waals surface area contributed by atoms with Crippen LogP contribution in [0.25, 0.3) is 11.4 Å². The van der Waals surface area contributed by atoms with Gasteiger partial charge in [0.05, 0.1) is 5.56 Å². The molecule has 0 bridgehead atoms. The lowest BCUT2D eigenvalue weighted by Crippen LogP contribution is -2.37. The molecule has 0 spiro atoms. The van der Waals surface area contributed by atoms with Crippen LogP contribution in [0.4, 0.5) is 17.6 Å². The van der Waals surface area contributed by atoms with Gasteiger partial charge < -0.3 is 9.84 Å². The fourth-order valence-corrected chi connectivity index (χ4v) is 1.90. The van der Waals surface area contributed by atoms with Crippen LogP contribution in [0.15, 0.2) is 22.7 Å². The molecule has 0 radical (unpaired) electrons. The second-order valence-corrected chi connectivity index (χ2v) is 6.50. The van der Waals surface area contributed by atoms with Crippen molar-refractivity contribution in [3.63, 3.8) is 0 Å². The summed E-state index contributed by atoms with van der Waals surface area (Å²) in [4.78, 5) is 26.6. The molecule has 0 fully saturated rings. The van der Waals surface area contributed by atoms with Crippen molar-refractivity contribution in [3.05, 3.63) is 35.5 Å². The highest BCUT2D eigenvalue weighted by Gasteiger charge is 2.38. The summed E-state index contributed by atoms with van der Waals surface area (Å²) in [6.45, 7) is 4.63. The first-order valence-electron chi connectivity index (χ1n) is 7.42. The normalized spacial score (nSPS) is 12.1. The molecule has 0 saturated carbocycles. The van der Waals surface area contributed by atoms with Gasteiger partial charge in [0, 0.05) is 12.0 Å². The Morgan fingerprint density at radius 2 is 1.85 bits per heavy atom. The number of carbonyl (C=O) groups excluding carboxylic acids is 2. The number of Topliss-reactive ketones (excluding diaryl/α,β-unsaturated/α-hetero) is 1. The molecular formula is C16H15F4N3O3. The molecule has 0 saturated heterocycles. The number of alkyl halides is 3. The first kappa shape index (κ1) is 19.5. The molecule has 10 heteroatoms. The van der Waals surface area contributed by atoms with Gasteiger partial charge in [-0.1, -0.05) is 32.0 Å². The van der Waals surface area contributed by atoms with E-state index in [1.807, 2.05) is 0 Å². The average molecular weight is 373 g/mol. The van der Waals surface area contributed by atoms with Crippen molar-refractivity contribution in [3.8, 4) is 11.4 Å². The number of nitrogens with zero attached hydrogens (tertiary/aromatic N) is 2. The minimum Gasteiger partial charge on any atom is -0.345 e. The standard InChI is InChI=1S/C16H15F4N3O3/c1-15(2,3)11(24)13(25)21-7-8-4-5-9(10(17)6-8)12-22-14(26-23-12)16(18,19)20/h4-6H,7H2,1-3H3,(H,21,25). The fraction of sp³-hybridized carbons (Fsp3) is 0.375. The number of amides is 1. The van der Waals surface area contributed by atoms with Gasteiger partial charge in [-0.3, -0.25) is 9.59 Å². The molecular weight excluding hydrogens is 358 g/mol. The minimum absolute atomic E-state index is 0.127. The van der Waals surface area contributed by atoms with Gasteiger partial charge in [-0.2, -0.15) is 18.2 Å². The van der Waals surface area contributed by atoms with Gasteiger partial charge in [0.25, 0.3) is 5.91 Å². The number of aromatic nitrogens is 2. The zero-order valence-corrected chi connectivity index (χ0v) is 14.1. The molecule has 1 heterocycles. The predicted molar refractivity (Wildman–Crippen MR) is 81.0 cm³/mol. The Labute approximate surface area is 145 Å². The molecule has 0 atom stereocenters. The Hall–Kier alpha value is -2.78. The van der Waals surface area contributed by atoms with Gasteiger partial charge in [-0.25, -0.2) is 4.39 Å². The largest absolute Gasteiger partial charge is 0.471 e. The zero-order chi connectivity index (χ0) is 19.7. The summed E-state index contributed by atoms with van der Waals surface area (Å²) in [5.41, 5.74) is -0.834. The van der Waals surface area contributed by atoms with Crippen molar-refractivity contribution in [2.75, 3.05) is 0 Å². The molecule has 0 unspecified atom stereocenters. The first-order chi connectivity index (χ1) is 11.9. The number of nitrogens with one attached hydrogen (secondary N) is 1. The Bertz CT molecular complexity index is 838. The number of benzene rings is 1. The molecule has 0 aliphatic rings.